The number of ether oxygens (including phenoxy) is 3. The molecule has 2 radical (unpaired) electrons. The van der Waals surface area contributed by atoms with E-state index in [9.17, 15) is 14.4 Å². The van der Waals surface area contributed by atoms with Gasteiger partial charge in [-0.3, -0.25) is 4.79 Å². The molecule has 0 spiro atoms. The lowest BCUT2D eigenvalue weighted by atomic mass is 9.95. The van der Waals surface area contributed by atoms with Gasteiger partial charge in [-0.15, -0.1) is 0 Å². The number of hydrogen-bond donors (Lipinski definition) is 2. The molecule has 2 aliphatic rings. The first-order valence-corrected chi connectivity index (χ1v) is 14.0. The first-order valence-electron chi connectivity index (χ1n) is 14.0. The van der Waals surface area contributed by atoms with Gasteiger partial charge in [-0.2, -0.15) is 0 Å². The molecule has 2 atom stereocenters. The summed E-state index contributed by atoms with van der Waals surface area (Å²) in [7, 11) is 10.2. The van der Waals surface area contributed by atoms with Crippen LogP contribution >= 0.6 is 0 Å². The molecule has 0 saturated carbocycles. The van der Waals surface area contributed by atoms with E-state index in [0.29, 0.717) is 35.9 Å². The number of carbonyl (C=O) groups excluding carboxylic acids is 3. The van der Waals surface area contributed by atoms with Crippen LogP contribution in [0.4, 0.5) is 9.59 Å². The lowest BCUT2D eigenvalue weighted by Gasteiger charge is -2.29. The Balaban J connectivity index is 1.42. The molecular weight excluding hydrogens is 551 g/mol. The molecular formula is C30H35BN6O6. The van der Waals surface area contributed by atoms with Crippen LogP contribution < -0.4 is 20.3 Å². The van der Waals surface area contributed by atoms with Crippen molar-refractivity contribution in [3.63, 3.8) is 0 Å². The van der Waals surface area contributed by atoms with Gasteiger partial charge in [0.25, 0.3) is 0 Å². The van der Waals surface area contributed by atoms with E-state index in [-0.39, 0.29) is 31.1 Å². The maximum absolute atomic E-state index is 14.0. The molecule has 2 N–H and O–H groups in total. The third-order valence-electron chi connectivity index (χ3n) is 7.87. The van der Waals surface area contributed by atoms with Gasteiger partial charge < -0.3 is 39.2 Å². The third-order valence-corrected chi connectivity index (χ3v) is 7.87. The zero-order valence-corrected chi connectivity index (χ0v) is 24.9. The second-order valence-electron chi connectivity index (χ2n) is 11.0. The number of nitrogens with zero attached hydrogens (tertiary/aromatic N) is 4. The van der Waals surface area contributed by atoms with Gasteiger partial charge in [0.05, 0.1) is 46.4 Å². The van der Waals surface area contributed by atoms with Gasteiger partial charge in [-0.25, -0.2) is 14.6 Å². The molecule has 13 heteroatoms. The summed E-state index contributed by atoms with van der Waals surface area (Å²) in [5.74, 6) is 1.14. The van der Waals surface area contributed by atoms with E-state index in [2.05, 4.69) is 15.3 Å². The molecule has 0 bridgehead atoms. The fourth-order valence-corrected chi connectivity index (χ4v) is 5.50. The maximum Gasteiger partial charge on any atom is 0.407 e. The lowest BCUT2D eigenvalue weighted by Crippen LogP contribution is -2.52. The van der Waals surface area contributed by atoms with Crippen molar-refractivity contribution in [2.75, 3.05) is 34.5 Å². The molecule has 2 aliphatic heterocycles. The minimum atomic E-state index is -0.868. The third kappa shape index (κ3) is 5.97. The second-order valence-corrected chi connectivity index (χ2v) is 11.0. The number of rotatable bonds is 7. The summed E-state index contributed by atoms with van der Waals surface area (Å²) in [5, 5.41) is 2.65. The molecule has 3 heterocycles. The molecule has 4 amide bonds. The molecule has 3 aromatic rings. The number of alkyl carbamates (subject to hydrolysis) is 1. The Kier molecular flexibility index (Phi) is 8.51. The van der Waals surface area contributed by atoms with E-state index >= 15 is 0 Å². The SMILES string of the molecule is [B]c1ccc(-c2cnc(C3CN(C(=O)N4Cc5cc(OC)c(OC)cc5C4)CN3C(=O)[C@@H](NC(=O)OC)C(C)C)[nH]2)cc1. The molecule has 43 heavy (non-hydrogen) atoms. The van der Waals surface area contributed by atoms with Gasteiger partial charge in [-0.1, -0.05) is 43.6 Å². The monoisotopic (exact) mass is 586 g/mol. The van der Waals surface area contributed by atoms with Crippen molar-refractivity contribution in [1.29, 1.82) is 0 Å². The number of hydrogen-bond acceptors (Lipinski definition) is 7. The van der Waals surface area contributed by atoms with E-state index in [1.54, 1.807) is 47.2 Å². The number of carbonyl (C=O) groups is 3. The number of amides is 4. The number of nitrogens with one attached hydrogen (secondary N) is 2. The van der Waals surface area contributed by atoms with Gasteiger partial charge in [-0.05, 0) is 34.7 Å². The number of H-pyrrole nitrogens is 1. The predicted octanol–water partition coefficient (Wildman–Crippen LogP) is 2.55. The van der Waals surface area contributed by atoms with Crippen LogP contribution in [0.3, 0.4) is 0 Å². The van der Waals surface area contributed by atoms with Crippen molar-refractivity contribution in [2.45, 2.75) is 39.0 Å². The van der Waals surface area contributed by atoms with Gasteiger partial charge in [0.2, 0.25) is 5.91 Å². The summed E-state index contributed by atoms with van der Waals surface area (Å²) in [6.45, 7) is 4.69. The van der Waals surface area contributed by atoms with E-state index in [4.69, 9.17) is 22.1 Å². The average Bonchev–Trinajstić information content (AvgIpc) is 3.76. The molecule has 0 aliphatic carbocycles. The van der Waals surface area contributed by atoms with Gasteiger partial charge in [0.15, 0.2) is 11.5 Å². The number of methoxy groups -OCH3 is 3. The minimum absolute atomic E-state index is 0.0196. The smallest absolute Gasteiger partial charge is 0.407 e. The average molecular weight is 586 g/mol. The summed E-state index contributed by atoms with van der Waals surface area (Å²) in [5.41, 5.74) is 4.21. The molecule has 2 aromatic carbocycles. The highest BCUT2D eigenvalue weighted by atomic mass is 16.5. The molecule has 1 saturated heterocycles. The topological polar surface area (TPSA) is 129 Å². The zero-order chi connectivity index (χ0) is 30.8. The summed E-state index contributed by atoms with van der Waals surface area (Å²) in [6.07, 6.45) is 0.985. The normalized spacial score (nSPS) is 16.7. The predicted molar refractivity (Wildman–Crippen MR) is 159 cm³/mol. The van der Waals surface area contributed by atoms with Crippen LogP contribution in [0.15, 0.2) is 42.6 Å². The zero-order valence-electron chi connectivity index (χ0n) is 24.9. The second kappa shape index (κ2) is 12.3. The van der Waals surface area contributed by atoms with Crippen LogP contribution in [0.1, 0.15) is 36.8 Å². The molecule has 1 unspecified atom stereocenters. The highest BCUT2D eigenvalue weighted by Gasteiger charge is 2.43. The van der Waals surface area contributed by atoms with Gasteiger partial charge in [0.1, 0.15) is 25.8 Å². The quantitative estimate of drug-likeness (QED) is 0.407. The van der Waals surface area contributed by atoms with Crippen molar-refractivity contribution >= 4 is 31.3 Å². The maximum atomic E-state index is 14.0. The van der Waals surface area contributed by atoms with Crippen LogP contribution in [-0.4, -0.2) is 91.1 Å². The Hall–Kier alpha value is -4.68. The van der Waals surface area contributed by atoms with Crippen LogP contribution in [0.2, 0.25) is 0 Å². The molecule has 224 valence electrons. The molecule has 12 nitrogen and oxygen atoms in total. The van der Waals surface area contributed by atoms with Crippen molar-refractivity contribution in [3.8, 4) is 22.8 Å². The van der Waals surface area contributed by atoms with Crippen molar-refractivity contribution in [2.24, 2.45) is 5.92 Å². The number of imidazole rings is 1. The molecule has 1 aromatic heterocycles. The van der Waals surface area contributed by atoms with Crippen LogP contribution in [0.25, 0.3) is 11.3 Å². The van der Waals surface area contributed by atoms with Crippen molar-refractivity contribution < 1.29 is 28.6 Å². The first kappa shape index (κ1) is 29.8. The number of fused-ring (bicyclic) bond motifs is 1. The van der Waals surface area contributed by atoms with E-state index in [0.717, 1.165) is 22.4 Å². The van der Waals surface area contributed by atoms with Crippen LogP contribution in [-0.2, 0) is 22.6 Å². The fraction of sp³-hybridized carbons (Fsp3) is 0.400. The largest absolute Gasteiger partial charge is 0.493 e. The van der Waals surface area contributed by atoms with E-state index < -0.39 is 18.2 Å². The lowest BCUT2D eigenvalue weighted by molar-refractivity contribution is -0.135. The number of aromatic nitrogens is 2. The minimum Gasteiger partial charge on any atom is -0.493 e. The number of urea groups is 1. The highest BCUT2D eigenvalue weighted by Crippen LogP contribution is 2.36. The Morgan fingerprint density at radius 3 is 2.19 bits per heavy atom. The Bertz CT molecular complexity index is 1480. The summed E-state index contributed by atoms with van der Waals surface area (Å²) >= 11 is 0. The van der Waals surface area contributed by atoms with Crippen LogP contribution in [0.5, 0.6) is 11.5 Å². The van der Waals surface area contributed by atoms with Crippen molar-refractivity contribution in [1.82, 2.24) is 30.0 Å². The van der Waals surface area contributed by atoms with Crippen molar-refractivity contribution in [3.05, 3.63) is 59.5 Å². The van der Waals surface area contributed by atoms with Crippen LogP contribution in [0, 0.1) is 5.92 Å². The summed E-state index contributed by atoms with van der Waals surface area (Å²) in [4.78, 5) is 52.8. The Morgan fingerprint density at radius 1 is 1.00 bits per heavy atom. The molecule has 5 rings (SSSR count). The standard InChI is InChI=1S/C30H35BN6O6/c1-17(2)26(34-29(39)43-5)28(38)37-16-36(15-23(37)27-32-12-22(33-27)18-6-8-21(31)9-7-18)30(40)35-13-19-10-24(41-3)25(42-4)11-20(19)14-35/h6-12,17,23,26H,13-16H2,1-5H3,(H,32,33)(H,34,39)/t23?,26-/m0/s1. The Morgan fingerprint density at radius 2 is 1.63 bits per heavy atom. The summed E-state index contributed by atoms with van der Waals surface area (Å²) < 4.78 is 15.6. The number of benzene rings is 2. The fourth-order valence-electron chi connectivity index (χ4n) is 5.50. The molecule has 1 fully saturated rings. The number of aromatic amines is 1. The highest BCUT2D eigenvalue weighted by molar-refractivity contribution is 6.32. The van der Waals surface area contributed by atoms with E-state index in [1.165, 1.54) is 7.11 Å². The summed E-state index contributed by atoms with van der Waals surface area (Å²) in [6, 6.07) is 9.46. The first-order chi connectivity index (χ1) is 20.6. The Labute approximate surface area is 251 Å². The van der Waals surface area contributed by atoms with Gasteiger partial charge in [0, 0.05) is 13.1 Å². The van der Waals surface area contributed by atoms with E-state index in [1.807, 2.05) is 38.1 Å². The van der Waals surface area contributed by atoms with Gasteiger partial charge >= 0.3 is 12.1 Å².